The van der Waals surface area contributed by atoms with E-state index in [1.807, 2.05) is 6.07 Å². The van der Waals surface area contributed by atoms with Gasteiger partial charge in [-0.1, -0.05) is 15.9 Å². The summed E-state index contributed by atoms with van der Waals surface area (Å²) in [6.45, 7) is 3.20. The van der Waals surface area contributed by atoms with E-state index < -0.39 is 16.1 Å². The first kappa shape index (κ1) is 14.0. The van der Waals surface area contributed by atoms with Gasteiger partial charge in [-0.05, 0) is 31.5 Å². The summed E-state index contributed by atoms with van der Waals surface area (Å²) >= 11 is 3.18. The van der Waals surface area contributed by atoms with E-state index in [-0.39, 0.29) is 10.6 Å². The van der Waals surface area contributed by atoms with E-state index in [9.17, 15) is 8.42 Å². The molecule has 7 heteroatoms. The number of nitriles is 1. The highest BCUT2D eigenvalue weighted by Gasteiger charge is 2.20. The SMILES string of the molecule is Cc1cc(Br)cc(S(N)(=O)=O)c1OC(C)C#N. The Kier molecular flexibility index (Phi) is 4.14. The molecule has 92 valence electrons. The maximum atomic E-state index is 11.4. The lowest BCUT2D eigenvalue weighted by Crippen LogP contribution is -2.17. The molecule has 0 saturated carbocycles. The van der Waals surface area contributed by atoms with Gasteiger partial charge in [-0.25, -0.2) is 13.6 Å². The van der Waals surface area contributed by atoms with E-state index in [0.717, 1.165) is 0 Å². The Morgan fingerprint density at radius 1 is 1.53 bits per heavy atom. The lowest BCUT2D eigenvalue weighted by atomic mass is 10.2. The van der Waals surface area contributed by atoms with E-state index in [2.05, 4.69) is 15.9 Å². The van der Waals surface area contributed by atoms with E-state index >= 15 is 0 Å². The second kappa shape index (κ2) is 5.04. The highest BCUT2D eigenvalue weighted by Crippen LogP contribution is 2.31. The minimum atomic E-state index is -3.90. The third-order valence-corrected chi connectivity index (χ3v) is 3.36. The fourth-order valence-corrected chi connectivity index (χ4v) is 2.75. The van der Waals surface area contributed by atoms with Crippen molar-refractivity contribution in [2.24, 2.45) is 5.14 Å². The van der Waals surface area contributed by atoms with Crippen molar-refractivity contribution < 1.29 is 13.2 Å². The zero-order valence-electron chi connectivity index (χ0n) is 9.27. The molecule has 2 N–H and O–H groups in total. The predicted molar refractivity (Wildman–Crippen MR) is 66.0 cm³/mol. The summed E-state index contributed by atoms with van der Waals surface area (Å²) in [6, 6.07) is 4.90. The number of nitrogens with two attached hydrogens (primary N) is 1. The molecule has 0 fully saturated rings. The van der Waals surface area contributed by atoms with E-state index in [4.69, 9.17) is 15.1 Å². The van der Waals surface area contributed by atoms with Crippen molar-refractivity contribution in [3.05, 3.63) is 22.2 Å². The molecule has 1 aromatic rings. The fraction of sp³-hybridized carbons (Fsp3) is 0.300. The topological polar surface area (TPSA) is 93.2 Å². The molecule has 0 spiro atoms. The molecule has 1 rings (SSSR count). The van der Waals surface area contributed by atoms with Crippen LogP contribution in [0.25, 0.3) is 0 Å². The van der Waals surface area contributed by atoms with Crippen LogP contribution in [0, 0.1) is 18.3 Å². The van der Waals surface area contributed by atoms with Crippen LogP contribution < -0.4 is 9.88 Å². The number of halogens is 1. The van der Waals surface area contributed by atoms with Gasteiger partial charge < -0.3 is 4.74 Å². The molecule has 0 aliphatic heterocycles. The Balaban J connectivity index is 3.43. The van der Waals surface area contributed by atoms with Crippen molar-refractivity contribution in [2.75, 3.05) is 0 Å². The Bertz CT molecular complexity index is 578. The Morgan fingerprint density at radius 3 is 2.59 bits per heavy atom. The van der Waals surface area contributed by atoms with Gasteiger partial charge in [-0.3, -0.25) is 0 Å². The van der Waals surface area contributed by atoms with Crippen LogP contribution in [0.5, 0.6) is 5.75 Å². The van der Waals surface area contributed by atoms with Gasteiger partial charge in [-0.2, -0.15) is 5.26 Å². The number of aryl methyl sites for hydroxylation is 1. The van der Waals surface area contributed by atoms with Crippen molar-refractivity contribution in [3.8, 4) is 11.8 Å². The number of ether oxygens (including phenoxy) is 1. The molecule has 0 saturated heterocycles. The summed E-state index contributed by atoms with van der Waals surface area (Å²) in [5.41, 5.74) is 0.588. The minimum Gasteiger partial charge on any atom is -0.474 e. The molecule has 0 bridgehead atoms. The van der Waals surface area contributed by atoms with E-state index in [1.165, 1.54) is 13.0 Å². The number of rotatable bonds is 3. The quantitative estimate of drug-likeness (QED) is 0.917. The molecule has 0 radical (unpaired) electrons. The van der Waals surface area contributed by atoms with Crippen molar-refractivity contribution in [2.45, 2.75) is 24.8 Å². The third kappa shape index (κ3) is 3.43. The number of hydrogen-bond donors (Lipinski definition) is 1. The van der Waals surface area contributed by atoms with Crippen LogP contribution in [0.1, 0.15) is 12.5 Å². The van der Waals surface area contributed by atoms with Gasteiger partial charge in [0, 0.05) is 4.47 Å². The second-order valence-corrected chi connectivity index (χ2v) is 5.93. The Morgan fingerprint density at radius 2 is 2.12 bits per heavy atom. The van der Waals surface area contributed by atoms with Crippen LogP contribution in [0.4, 0.5) is 0 Å². The maximum absolute atomic E-state index is 11.4. The highest BCUT2D eigenvalue weighted by atomic mass is 79.9. The smallest absolute Gasteiger partial charge is 0.241 e. The van der Waals surface area contributed by atoms with Crippen molar-refractivity contribution in [3.63, 3.8) is 0 Å². The summed E-state index contributed by atoms with van der Waals surface area (Å²) < 4.78 is 28.7. The lowest BCUT2D eigenvalue weighted by Gasteiger charge is -2.14. The average molecular weight is 319 g/mol. The minimum absolute atomic E-state index is 0.116. The molecule has 0 aliphatic rings. The molecule has 5 nitrogen and oxygen atoms in total. The zero-order chi connectivity index (χ0) is 13.2. The van der Waals surface area contributed by atoms with Crippen LogP contribution in [0.15, 0.2) is 21.5 Å². The molecular weight excluding hydrogens is 308 g/mol. The summed E-state index contributed by atoms with van der Waals surface area (Å²) in [5.74, 6) is 0.116. The molecule has 0 heterocycles. The van der Waals surface area contributed by atoms with Crippen LogP contribution in [-0.2, 0) is 10.0 Å². The molecule has 1 unspecified atom stereocenters. The number of nitrogens with zero attached hydrogens (tertiary/aromatic N) is 1. The average Bonchev–Trinajstić information content (AvgIpc) is 2.19. The van der Waals surface area contributed by atoms with Crippen LogP contribution in [0.2, 0.25) is 0 Å². The summed E-state index contributed by atoms with van der Waals surface area (Å²) in [5, 5.41) is 13.8. The largest absolute Gasteiger partial charge is 0.474 e. The summed E-state index contributed by atoms with van der Waals surface area (Å²) in [6.07, 6.45) is -0.754. The first-order chi connectivity index (χ1) is 7.75. The molecular formula is C10H11BrN2O3S. The number of sulfonamides is 1. The van der Waals surface area contributed by atoms with Gasteiger partial charge >= 0.3 is 0 Å². The van der Waals surface area contributed by atoms with E-state index in [1.54, 1.807) is 13.0 Å². The highest BCUT2D eigenvalue weighted by molar-refractivity contribution is 9.10. The number of hydrogen-bond acceptors (Lipinski definition) is 4. The molecule has 1 aromatic carbocycles. The van der Waals surface area contributed by atoms with Gasteiger partial charge in [0.1, 0.15) is 16.7 Å². The molecule has 0 aliphatic carbocycles. The van der Waals surface area contributed by atoms with Gasteiger partial charge in [0.15, 0.2) is 6.10 Å². The monoisotopic (exact) mass is 318 g/mol. The van der Waals surface area contributed by atoms with E-state index in [0.29, 0.717) is 10.0 Å². The van der Waals surface area contributed by atoms with Gasteiger partial charge in [0.05, 0.1) is 0 Å². The predicted octanol–water partition coefficient (Wildman–Crippen LogP) is 1.70. The standard InChI is InChI=1S/C10H11BrN2O3S/c1-6-3-8(11)4-9(17(13,14)15)10(6)16-7(2)5-12/h3-4,7H,1-2H3,(H2,13,14,15). The van der Waals surface area contributed by atoms with Crippen molar-refractivity contribution >= 4 is 26.0 Å². The van der Waals surface area contributed by atoms with Crippen LogP contribution >= 0.6 is 15.9 Å². The number of benzene rings is 1. The summed E-state index contributed by atoms with van der Waals surface area (Å²) in [4.78, 5) is -0.133. The first-order valence-corrected chi connectivity index (χ1v) is 6.99. The molecule has 0 aromatic heterocycles. The lowest BCUT2D eigenvalue weighted by molar-refractivity contribution is 0.267. The first-order valence-electron chi connectivity index (χ1n) is 4.65. The van der Waals surface area contributed by atoms with Crippen LogP contribution in [-0.4, -0.2) is 14.5 Å². The fourth-order valence-electron chi connectivity index (χ4n) is 1.26. The molecule has 1 atom stereocenters. The maximum Gasteiger partial charge on any atom is 0.241 e. The van der Waals surface area contributed by atoms with Crippen molar-refractivity contribution in [1.29, 1.82) is 5.26 Å². The van der Waals surface area contributed by atoms with Gasteiger partial charge in [0.25, 0.3) is 0 Å². The van der Waals surface area contributed by atoms with Crippen molar-refractivity contribution in [1.82, 2.24) is 0 Å². The van der Waals surface area contributed by atoms with Gasteiger partial charge in [0.2, 0.25) is 10.0 Å². The Labute approximate surface area is 108 Å². The summed E-state index contributed by atoms with van der Waals surface area (Å²) in [7, 11) is -3.90. The van der Waals surface area contributed by atoms with Crippen LogP contribution in [0.3, 0.4) is 0 Å². The Hall–Kier alpha value is -1.10. The zero-order valence-corrected chi connectivity index (χ0v) is 11.7. The second-order valence-electron chi connectivity index (χ2n) is 3.48. The third-order valence-electron chi connectivity index (χ3n) is 1.99. The molecule has 0 amide bonds. The van der Waals surface area contributed by atoms with Gasteiger partial charge in [-0.15, -0.1) is 0 Å². The normalized spacial score (nSPS) is 12.9. The molecule has 17 heavy (non-hydrogen) atoms. The number of primary sulfonamides is 1.